The Morgan fingerprint density at radius 1 is 1.18 bits per heavy atom. The Morgan fingerprint density at radius 3 is 2.95 bits per heavy atom. The van der Waals surface area contributed by atoms with Gasteiger partial charge in [0.2, 0.25) is 5.91 Å². The Hall–Kier alpha value is -1.40. The first-order valence-corrected chi connectivity index (χ1v) is 8.82. The van der Waals surface area contributed by atoms with E-state index in [2.05, 4.69) is 5.32 Å². The quantitative estimate of drug-likeness (QED) is 0.856. The minimum Gasteiger partial charge on any atom is -0.486 e. The lowest BCUT2D eigenvalue weighted by atomic mass is 10.3. The summed E-state index contributed by atoms with van der Waals surface area (Å²) in [5.74, 6) is 2.67. The second-order valence-corrected chi connectivity index (χ2v) is 6.56. The highest BCUT2D eigenvalue weighted by Gasteiger charge is 2.15. The van der Waals surface area contributed by atoms with Crippen LogP contribution in [0.25, 0.3) is 0 Å². The van der Waals surface area contributed by atoms with Crippen molar-refractivity contribution in [2.75, 3.05) is 45.1 Å². The molecule has 6 heteroatoms. The summed E-state index contributed by atoms with van der Waals surface area (Å²) < 4.78 is 11.1. The van der Waals surface area contributed by atoms with Crippen molar-refractivity contribution in [2.24, 2.45) is 0 Å². The number of nitrogens with one attached hydrogen (secondary N) is 1. The average molecular weight is 322 g/mol. The van der Waals surface area contributed by atoms with Gasteiger partial charge in [-0.25, -0.2) is 0 Å². The molecule has 1 aromatic rings. The molecule has 0 radical (unpaired) electrons. The zero-order valence-electron chi connectivity index (χ0n) is 12.7. The van der Waals surface area contributed by atoms with Crippen LogP contribution in [0.2, 0.25) is 0 Å². The molecule has 0 atom stereocenters. The first-order valence-electron chi connectivity index (χ1n) is 7.84. The fraction of sp³-hybridized carbons (Fsp3) is 0.562. The standard InChI is InChI=1S/C16H22N2O3S/c19-16(18-7-1-5-17-6-8-18)4-11-22-13-2-3-14-15(12-13)21-10-9-20-14/h2-3,12,17H,1,4-11H2. The molecular weight excluding hydrogens is 300 g/mol. The van der Waals surface area contributed by atoms with Crippen molar-refractivity contribution in [3.05, 3.63) is 18.2 Å². The van der Waals surface area contributed by atoms with Gasteiger partial charge in [-0.05, 0) is 31.2 Å². The summed E-state index contributed by atoms with van der Waals surface area (Å²) >= 11 is 1.69. The molecule has 0 unspecified atom stereocenters. The Labute approximate surface area is 135 Å². The first kappa shape index (κ1) is 15.5. The molecular formula is C16H22N2O3S. The third kappa shape index (κ3) is 4.08. The van der Waals surface area contributed by atoms with Crippen LogP contribution in [0.1, 0.15) is 12.8 Å². The molecule has 1 fully saturated rings. The van der Waals surface area contributed by atoms with E-state index >= 15 is 0 Å². The summed E-state index contributed by atoms with van der Waals surface area (Å²) in [5.41, 5.74) is 0. The third-order valence-electron chi connectivity index (χ3n) is 3.79. The molecule has 1 saturated heterocycles. The first-order chi connectivity index (χ1) is 10.8. The van der Waals surface area contributed by atoms with E-state index in [0.29, 0.717) is 19.6 Å². The zero-order valence-corrected chi connectivity index (χ0v) is 13.5. The average Bonchev–Trinajstić information content (AvgIpc) is 2.84. The number of hydrogen-bond acceptors (Lipinski definition) is 5. The van der Waals surface area contributed by atoms with Crippen LogP contribution in [0, 0.1) is 0 Å². The summed E-state index contributed by atoms with van der Waals surface area (Å²) in [6, 6.07) is 5.97. The predicted molar refractivity (Wildman–Crippen MR) is 86.8 cm³/mol. The van der Waals surface area contributed by atoms with Gasteiger partial charge in [-0.1, -0.05) is 0 Å². The van der Waals surface area contributed by atoms with Crippen LogP contribution < -0.4 is 14.8 Å². The predicted octanol–water partition coefficient (Wildman–Crippen LogP) is 1.76. The molecule has 0 spiro atoms. The third-order valence-corrected chi connectivity index (χ3v) is 4.79. The van der Waals surface area contributed by atoms with Gasteiger partial charge in [-0.15, -0.1) is 11.8 Å². The van der Waals surface area contributed by atoms with Crippen molar-refractivity contribution < 1.29 is 14.3 Å². The van der Waals surface area contributed by atoms with Gasteiger partial charge in [0, 0.05) is 36.7 Å². The number of hydrogen-bond donors (Lipinski definition) is 1. The number of amides is 1. The van der Waals surface area contributed by atoms with Crippen molar-refractivity contribution in [2.45, 2.75) is 17.7 Å². The number of nitrogens with zero attached hydrogens (tertiary/aromatic N) is 1. The van der Waals surface area contributed by atoms with E-state index in [1.165, 1.54) is 0 Å². The van der Waals surface area contributed by atoms with Crippen LogP contribution in [-0.4, -0.2) is 56.0 Å². The molecule has 1 N–H and O–H groups in total. The van der Waals surface area contributed by atoms with Crippen LogP contribution >= 0.6 is 11.8 Å². The van der Waals surface area contributed by atoms with Gasteiger partial charge >= 0.3 is 0 Å². The minimum atomic E-state index is 0.258. The molecule has 2 heterocycles. The van der Waals surface area contributed by atoms with Crippen LogP contribution in [-0.2, 0) is 4.79 Å². The molecule has 3 rings (SSSR count). The van der Waals surface area contributed by atoms with Gasteiger partial charge < -0.3 is 19.7 Å². The molecule has 0 aromatic heterocycles. The van der Waals surface area contributed by atoms with Gasteiger partial charge in [0.1, 0.15) is 13.2 Å². The van der Waals surface area contributed by atoms with Gasteiger partial charge in [0.25, 0.3) is 0 Å². The largest absolute Gasteiger partial charge is 0.486 e. The summed E-state index contributed by atoms with van der Waals surface area (Å²) in [6.45, 7) is 4.83. The van der Waals surface area contributed by atoms with Crippen LogP contribution in [0.5, 0.6) is 11.5 Å². The second-order valence-electron chi connectivity index (χ2n) is 5.39. The van der Waals surface area contributed by atoms with Crippen molar-refractivity contribution in [1.82, 2.24) is 10.2 Å². The topological polar surface area (TPSA) is 50.8 Å². The van der Waals surface area contributed by atoms with E-state index in [4.69, 9.17) is 9.47 Å². The van der Waals surface area contributed by atoms with E-state index in [9.17, 15) is 4.79 Å². The van der Waals surface area contributed by atoms with Crippen molar-refractivity contribution in [1.29, 1.82) is 0 Å². The van der Waals surface area contributed by atoms with Crippen LogP contribution in [0.4, 0.5) is 0 Å². The van der Waals surface area contributed by atoms with Crippen molar-refractivity contribution in [3.63, 3.8) is 0 Å². The lowest BCUT2D eigenvalue weighted by Gasteiger charge is -2.20. The zero-order chi connectivity index (χ0) is 15.2. The Morgan fingerprint density at radius 2 is 2.05 bits per heavy atom. The molecule has 1 amide bonds. The van der Waals surface area contributed by atoms with Gasteiger partial charge in [0.15, 0.2) is 11.5 Å². The number of rotatable bonds is 4. The molecule has 0 saturated carbocycles. The van der Waals surface area contributed by atoms with Gasteiger partial charge in [-0.2, -0.15) is 0 Å². The number of benzene rings is 1. The number of fused-ring (bicyclic) bond motifs is 1. The highest BCUT2D eigenvalue weighted by molar-refractivity contribution is 7.99. The Bertz CT molecular complexity index is 516. The SMILES string of the molecule is O=C(CCSc1ccc2c(c1)OCCO2)N1CCCNCC1. The Balaban J connectivity index is 1.47. The normalized spacial score (nSPS) is 17.9. The molecule has 1 aromatic carbocycles. The number of carbonyl (C=O) groups is 1. The highest BCUT2D eigenvalue weighted by Crippen LogP contribution is 2.34. The highest BCUT2D eigenvalue weighted by atomic mass is 32.2. The molecule has 2 aliphatic heterocycles. The maximum atomic E-state index is 12.2. The maximum Gasteiger partial charge on any atom is 0.223 e. The van der Waals surface area contributed by atoms with E-state index in [0.717, 1.165) is 54.7 Å². The number of thioether (sulfide) groups is 1. The summed E-state index contributed by atoms with van der Waals surface area (Å²) in [6.07, 6.45) is 1.63. The van der Waals surface area contributed by atoms with Crippen molar-refractivity contribution >= 4 is 17.7 Å². The fourth-order valence-corrected chi connectivity index (χ4v) is 3.49. The number of carbonyl (C=O) groups excluding carboxylic acids is 1. The number of ether oxygens (including phenoxy) is 2. The van der Waals surface area contributed by atoms with Crippen LogP contribution in [0.15, 0.2) is 23.1 Å². The van der Waals surface area contributed by atoms with E-state index < -0.39 is 0 Å². The second kappa shape index (κ2) is 7.74. The Kier molecular flexibility index (Phi) is 5.45. The van der Waals surface area contributed by atoms with E-state index in [1.807, 2.05) is 23.1 Å². The summed E-state index contributed by atoms with van der Waals surface area (Å²) in [4.78, 5) is 15.3. The maximum absolute atomic E-state index is 12.2. The molecule has 5 nitrogen and oxygen atoms in total. The molecule has 0 bridgehead atoms. The molecule has 22 heavy (non-hydrogen) atoms. The van der Waals surface area contributed by atoms with Gasteiger partial charge in [-0.3, -0.25) is 4.79 Å². The minimum absolute atomic E-state index is 0.258. The molecule has 120 valence electrons. The molecule has 2 aliphatic rings. The summed E-state index contributed by atoms with van der Waals surface area (Å²) in [5, 5.41) is 3.32. The molecule has 0 aliphatic carbocycles. The van der Waals surface area contributed by atoms with Gasteiger partial charge in [0.05, 0.1) is 0 Å². The van der Waals surface area contributed by atoms with E-state index in [1.54, 1.807) is 11.8 Å². The van der Waals surface area contributed by atoms with E-state index in [-0.39, 0.29) is 5.91 Å². The summed E-state index contributed by atoms with van der Waals surface area (Å²) in [7, 11) is 0. The smallest absolute Gasteiger partial charge is 0.223 e. The van der Waals surface area contributed by atoms with Crippen molar-refractivity contribution in [3.8, 4) is 11.5 Å². The lowest BCUT2D eigenvalue weighted by Crippen LogP contribution is -2.34. The monoisotopic (exact) mass is 322 g/mol. The fourth-order valence-electron chi connectivity index (χ4n) is 2.62. The lowest BCUT2D eigenvalue weighted by molar-refractivity contribution is -0.130. The van der Waals surface area contributed by atoms with Crippen LogP contribution in [0.3, 0.4) is 0 Å².